The molecular formula is C23H25BrN4O2. The molecule has 1 N–H and O–H groups in total. The summed E-state index contributed by atoms with van der Waals surface area (Å²) >= 11 is 3.57. The van der Waals surface area contributed by atoms with Gasteiger partial charge in [0.25, 0.3) is 5.88 Å². The number of para-hydroxylation sites is 2. The number of piperidine rings is 1. The van der Waals surface area contributed by atoms with Gasteiger partial charge in [-0.3, -0.25) is 4.79 Å². The summed E-state index contributed by atoms with van der Waals surface area (Å²) in [5.74, 6) is 1.32. The van der Waals surface area contributed by atoms with E-state index in [2.05, 4.69) is 31.1 Å². The molecule has 0 unspecified atom stereocenters. The molecule has 0 bridgehead atoms. The van der Waals surface area contributed by atoms with Gasteiger partial charge in [-0.15, -0.1) is 0 Å². The molecule has 0 atom stereocenters. The average molecular weight is 469 g/mol. The number of rotatable bonds is 4. The molecule has 3 aromatic rings. The molecule has 6 nitrogen and oxygen atoms in total. The number of amides is 1. The summed E-state index contributed by atoms with van der Waals surface area (Å²) in [5.41, 5.74) is 4.73. The monoisotopic (exact) mass is 468 g/mol. The number of carbonyl (C=O) groups excluding carboxylic acids is 1. The molecule has 0 radical (unpaired) electrons. The second-order valence-corrected chi connectivity index (χ2v) is 8.51. The van der Waals surface area contributed by atoms with Crippen LogP contribution in [0.5, 0.6) is 5.88 Å². The zero-order chi connectivity index (χ0) is 21.3. The van der Waals surface area contributed by atoms with Crippen molar-refractivity contribution < 1.29 is 9.53 Å². The number of nitrogens with zero attached hydrogens (tertiary/aromatic N) is 3. The van der Waals surface area contributed by atoms with Crippen LogP contribution >= 0.6 is 15.9 Å². The number of anilines is 2. The van der Waals surface area contributed by atoms with E-state index in [1.165, 1.54) is 0 Å². The number of nitrogens with one attached hydrogen (secondary N) is 1. The number of aromatic nitrogens is 2. The van der Waals surface area contributed by atoms with Crippen LogP contribution in [0.3, 0.4) is 0 Å². The quantitative estimate of drug-likeness (QED) is 0.591. The summed E-state index contributed by atoms with van der Waals surface area (Å²) in [7, 11) is 1.62. The van der Waals surface area contributed by atoms with Gasteiger partial charge in [0.15, 0.2) is 5.82 Å². The number of hydrogen-bond donors (Lipinski definition) is 1. The number of ether oxygens (including phenoxy) is 1. The molecule has 0 aliphatic carbocycles. The number of methoxy groups -OCH3 is 1. The van der Waals surface area contributed by atoms with Gasteiger partial charge in [-0.1, -0.05) is 28.1 Å². The first-order chi connectivity index (χ1) is 14.5. The topological polar surface area (TPSA) is 67.4 Å². The van der Waals surface area contributed by atoms with E-state index >= 15 is 0 Å². The highest BCUT2D eigenvalue weighted by Crippen LogP contribution is 2.31. The average Bonchev–Trinajstić information content (AvgIpc) is 2.76. The molecule has 1 saturated heterocycles. The molecule has 7 heteroatoms. The van der Waals surface area contributed by atoms with Crippen LogP contribution in [0, 0.1) is 19.8 Å². The fraction of sp³-hybridized carbons (Fsp3) is 0.348. The second-order valence-electron chi connectivity index (χ2n) is 7.72. The lowest BCUT2D eigenvalue weighted by atomic mass is 9.95. The Labute approximate surface area is 184 Å². The van der Waals surface area contributed by atoms with Gasteiger partial charge in [0.05, 0.1) is 18.1 Å². The smallest absolute Gasteiger partial charge is 0.257 e. The summed E-state index contributed by atoms with van der Waals surface area (Å²) in [6, 6.07) is 11.8. The van der Waals surface area contributed by atoms with E-state index in [1.807, 2.05) is 50.2 Å². The maximum Gasteiger partial charge on any atom is 0.257 e. The van der Waals surface area contributed by atoms with Gasteiger partial charge in [-0.25, -0.2) is 9.97 Å². The predicted molar refractivity (Wildman–Crippen MR) is 123 cm³/mol. The van der Waals surface area contributed by atoms with Crippen LogP contribution in [0.2, 0.25) is 0 Å². The van der Waals surface area contributed by atoms with Gasteiger partial charge >= 0.3 is 0 Å². The van der Waals surface area contributed by atoms with E-state index in [4.69, 9.17) is 9.72 Å². The molecule has 1 amide bonds. The third kappa shape index (κ3) is 4.12. The van der Waals surface area contributed by atoms with E-state index in [9.17, 15) is 4.79 Å². The predicted octanol–water partition coefficient (Wildman–Crippen LogP) is 4.87. The fourth-order valence-electron chi connectivity index (χ4n) is 3.93. The summed E-state index contributed by atoms with van der Waals surface area (Å²) in [4.78, 5) is 24.3. The van der Waals surface area contributed by atoms with Gasteiger partial charge in [-0.2, -0.15) is 0 Å². The van der Waals surface area contributed by atoms with Crippen molar-refractivity contribution in [2.75, 3.05) is 30.4 Å². The van der Waals surface area contributed by atoms with Gasteiger partial charge in [-0.05, 0) is 62.1 Å². The molecule has 156 valence electrons. The molecule has 1 fully saturated rings. The first-order valence-electron chi connectivity index (χ1n) is 10.1. The Bertz CT molecular complexity index is 1070. The minimum atomic E-state index is -0.0232. The molecule has 1 aromatic heterocycles. The summed E-state index contributed by atoms with van der Waals surface area (Å²) in [5, 5.41) is 3.09. The Balaban J connectivity index is 1.45. The standard InChI is InChI=1S/C23H25BrN4O2/c1-14-12-17(13-15(2)20(14)24)25-22(29)16-8-10-28(11-9-16)21-23(30-3)27-19-7-5-4-6-18(19)26-21/h4-7,12-13,16H,8-11H2,1-3H3,(H,25,29). The molecule has 0 saturated carbocycles. The summed E-state index contributed by atoms with van der Waals surface area (Å²) in [6.07, 6.45) is 1.52. The summed E-state index contributed by atoms with van der Waals surface area (Å²) in [6.45, 7) is 5.53. The highest BCUT2D eigenvalue weighted by Gasteiger charge is 2.28. The Morgan fingerprint density at radius 2 is 1.70 bits per heavy atom. The number of halogens is 1. The SMILES string of the molecule is COc1nc2ccccc2nc1N1CCC(C(=O)Nc2cc(C)c(Br)c(C)c2)CC1. The van der Waals surface area contributed by atoms with Crippen LogP contribution in [0.25, 0.3) is 11.0 Å². The van der Waals surface area contributed by atoms with E-state index in [1.54, 1.807) is 7.11 Å². The van der Waals surface area contributed by atoms with Crippen molar-refractivity contribution >= 4 is 44.4 Å². The maximum absolute atomic E-state index is 12.8. The Hall–Kier alpha value is -2.67. The normalized spacial score (nSPS) is 14.7. The lowest BCUT2D eigenvalue weighted by Crippen LogP contribution is -2.38. The second kappa shape index (κ2) is 8.60. The van der Waals surface area contributed by atoms with Gasteiger partial charge < -0.3 is 15.0 Å². The van der Waals surface area contributed by atoms with Crippen molar-refractivity contribution in [3.8, 4) is 5.88 Å². The van der Waals surface area contributed by atoms with Crippen molar-refractivity contribution in [1.82, 2.24) is 9.97 Å². The third-order valence-corrected chi connectivity index (χ3v) is 6.83. The van der Waals surface area contributed by atoms with E-state index in [0.29, 0.717) is 5.88 Å². The van der Waals surface area contributed by atoms with E-state index in [0.717, 1.165) is 64.1 Å². The highest BCUT2D eigenvalue weighted by molar-refractivity contribution is 9.10. The minimum absolute atomic E-state index is 0.0232. The van der Waals surface area contributed by atoms with Crippen LogP contribution in [0.4, 0.5) is 11.5 Å². The molecular weight excluding hydrogens is 444 g/mol. The van der Waals surface area contributed by atoms with Crippen LogP contribution in [-0.4, -0.2) is 36.1 Å². The third-order valence-electron chi connectivity index (χ3n) is 5.58. The van der Waals surface area contributed by atoms with Gasteiger partial charge in [0.1, 0.15) is 0 Å². The molecule has 4 rings (SSSR count). The molecule has 1 aliphatic heterocycles. The van der Waals surface area contributed by atoms with Gasteiger partial charge in [0, 0.05) is 29.2 Å². The zero-order valence-corrected chi connectivity index (χ0v) is 19.0. The van der Waals surface area contributed by atoms with Crippen molar-refractivity contribution in [2.45, 2.75) is 26.7 Å². The van der Waals surface area contributed by atoms with Crippen molar-refractivity contribution in [2.24, 2.45) is 5.92 Å². The molecule has 0 spiro atoms. The number of aryl methyl sites for hydroxylation is 2. The number of carbonyl (C=O) groups is 1. The number of fused-ring (bicyclic) bond motifs is 1. The van der Waals surface area contributed by atoms with Crippen LogP contribution in [-0.2, 0) is 4.79 Å². The fourth-order valence-corrected chi connectivity index (χ4v) is 4.16. The Kier molecular flexibility index (Phi) is 5.90. The Morgan fingerprint density at radius 3 is 2.30 bits per heavy atom. The van der Waals surface area contributed by atoms with E-state index in [-0.39, 0.29) is 11.8 Å². The largest absolute Gasteiger partial charge is 0.478 e. The highest BCUT2D eigenvalue weighted by atomic mass is 79.9. The summed E-state index contributed by atoms with van der Waals surface area (Å²) < 4.78 is 6.58. The zero-order valence-electron chi connectivity index (χ0n) is 17.4. The number of benzene rings is 2. The first-order valence-corrected chi connectivity index (χ1v) is 10.9. The van der Waals surface area contributed by atoms with Crippen LogP contribution in [0.15, 0.2) is 40.9 Å². The first kappa shape index (κ1) is 20.6. The molecule has 1 aliphatic rings. The minimum Gasteiger partial charge on any atom is -0.478 e. The molecule has 2 heterocycles. The molecule has 2 aromatic carbocycles. The van der Waals surface area contributed by atoms with Crippen LogP contribution in [0.1, 0.15) is 24.0 Å². The van der Waals surface area contributed by atoms with Crippen LogP contribution < -0.4 is 15.0 Å². The van der Waals surface area contributed by atoms with Gasteiger partial charge in [0.2, 0.25) is 5.91 Å². The molecule has 30 heavy (non-hydrogen) atoms. The Morgan fingerprint density at radius 1 is 1.10 bits per heavy atom. The maximum atomic E-state index is 12.8. The van der Waals surface area contributed by atoms with Crippen molar-refractivity contribution in [1.29, 1.82) is 0 Å². The lowest BCUT2D eigenvalue weighted by Gasteiger charge is -2.32. The number of hydrogen-bond acceptors (Lipinski definition) is 5. The van der Waals surface area contributed by atoms with Crippen molar-refractivity contribution in [3.05, 3.63) is 52.0 Å². The van der Waals surface area contributed by atoms with Crippen molar-refractivity contribution in [3.63, 3.8) is 0 Å². The van der Waals surface area contributed by atoms with E-state index < -0.39 is 0 Å². The lowest BCUT2D eigenvalue weighted by molar-refractivity contribution is -0.120.